The van der Waals surface area contributed by atoms with Gasteiger partial charge in [0.1, 0.15) is 103 Å². The third kappa shape index (κ3) is 9.79. The monoisotopic (exact) mass is 828 g/mol. The van der Waals surface area contributed by atoms with Crippen molar-refractivity contribution in [2.24, 2.45) is 0 Å². The third-order valence-corrected chi connectivity index (χ3v) is 9.89. The number of nitrogens with zero attached hydrogens (tertiary/aromatic N) is 1. The molecule has 4 aliphatic rings. The molecule has 25 nitrogen and oxygen atoms in total. The summed E-state index contributed by atoms with van der Waals surface area (Å²) in [5, 5.41) is 140. The first-order chi connectivity index (χ1) is 27.0. The van der Waals surface area contributed by atoms with Gasteiger partial charge in [-0.1, -0.05) is 0 Å². The quantitative estimate of drug-likeness (QED) is 0.0612. The number of carbonyl (C=O) groups is 1. The first-order valence-corrected chi connectivity index (χ1v) is 17.7. The zero-order valence-electron chi connectivity index (χ0n) is 30.0. The van der Waals surface area contributed by atoms with E-state index in [0.717, 1.165) is 19.1 Å². The summed E-state index contributed by atoms with van der Waals surface area (Å²) >= 11 is 0. The molecular weight excluding hydrogens is 780 g/mol. The summed E-state index contributed by atoms with van der Waals surface area (Å²) in [6.45, 7) is -2.47. The Morgan fingerprint density at radius 1 is 0.596 bits per heavy atom. The Kier molecular flexibility index (Phi) is 15.4. The molecule has 0 radical (unpaired) electrons. The van der Waals surface area contributed by atoms with Gasteiger partial charge in [-0.15, -0.1) is 0 Å². The maximum atomic E-state index is 11.9. The summed E-state index contributed by atoms with van der Waals surface area (Å²) in [5.74, 6) is -0.712. The van der Waals surface area contributed by atoms with Crippen LogP contribution >= 0.6 is 0 Å². The van der Waals surface area contributed by atoms with Gasteiger partial charge in [-0.3, -0.25) is 14.9 Å². The number of nitro benzene ring substituents is 1. The Morgan fingerprint density at radius 2 is 1.04 bits per heavy atom. The number of hydrogen-bond acceptors (Lipinski definition) is 23. The lowest BCUT2D eigenvalue weighted by molar-refractivity contribution is -0.385. The van der Waals surface area contributed by atoms with E-state index in [4.69, 9.17) is 37.9 Å². The predicted molar refractivity (Wildman–Crippen MR) is 177 cm³/mol. The lowest BCUT2D eigenvalue weighted by Crippen LogP contribution is -2.69. The van der Waals surface area contributed by atoms with Crippen molar-refractivity contribution in [2.75, 3.05) is 26.4 Å². The van der Waals surface area contributed by atoms with Crippen LogP contribution in [0.5, 0.6) is 5.75 Å². The van der Waals surface area contributed by atoms with Gasteiger partial charge >= 0.3 is 0 Å². The molecule has 12 unspecified atom stereocenters. The fourth-order valence-electron chi connectivity index (χ4n) is 6.81. The van der Waals surface area contributed by atoms with Crippen LogP contribution in [0.25, 0.3) is 0 Å². The third-order valence-electron chi connectivity index (χ3n) is 9.89. The smallest absolute Gasteiger partial charge is 0.269 e. The second-order valence-corrected chi connectivity index (χ2v) is 13.7. The van der Waals surface area contributed by atoms with Crippen LogP contribution in [0.4, 0.5) is 5.69 Å². The minimum Gasteiger partial charge on any atom is -0.462 e. The molecule has 4 saturated heterocycles. The molecule has 5 rings (SSSR count). The van der Waals surface area contributed by atoms with Crippen molar-refractivity contribution in [1.29, 1.82) is 0 Å². The molecule has 0 spiro atoms. The van der Waals surface area contributed by atoms with E-state index >= 15 is 0 Å². The van der Waals surface area contributed by atoms with Gasteiger partial charge in [-0.2, -0.15) is 0 Å². The summed E-state index contributed by atoms with van der Waals surface area (Å²) in [4.78, 5) is 22.2. The molecule has 1 aromatic rings. The number of ether oxygens (including phenoxy) is 8. The van der Waals surface area contributed by atoms with Gasteiger partial charge in [0.25, 0.3) is 5.69 Å². The van der Waals surface area contributed by atoms with Crippen molar-refractivity contribution in [2.45, 2.75) is 130 Å². The zero-order valence-corrected chi connectivity index (χ0v) is 30.0. The number of benzene rings is 1. The molecule has 4 heterocycles. The highest BCUT2D eigenvalue weighted by molar-refractivity contribution is 5.73. The van der Waals surface area contributed by atoms with Crippen molar-refractivity contribution < 1.29 is 109 Å². The molecule has 25 heteroatoms. The second kappa shape index (κ2) is 19.5. The van der Waals surface area contributed by atoms with E-state index in [-0.39, 0.29) is 11.4 Å². The van der Waals surface area contributed by atoms with Crippen LogP contribution in [-0.4, -0.2) is 221 Å². The number of nitrogens with one attached hydrogen (secondary N) is 1. The van der Waals surface area contributed by atoms with Crippen LogP contribution in [0.15, 0.2) is 24.3 Å². The van der Waals surface area contributed by atoms with Crippen molar-refractivity contribution in [3.05, 3.63) is 34.4 Å². The Morgan fingerprint density at radius 3 is 1.54 bits per heavy atom. The molecule has 0 saturated carbocycles. The van der Waals surface area contributed by atoms with Gasteiger partial charge in [0, 0.05) is 19.1 Å². The summed E-state index contributed by atoms with van der Waals surface area (Å²) < 4.78 is 44.9. The lowest BCUT2D eigenvalue weighted by atomic mass is 9.95. The van der Waals surface area contributed by atoms with E-state index in [1.807, 2.05) is 0 Å². The average molecular weight is 829 g/mol. The molecule has 57 heavy (non-hydrogen) atoms. The summed E-state index contributed by atoms with van der Waals surface area (Å²) in [7, 11) is 0. The van der Waals surface area contributed by atoms with Crippen LogP contribution in [0.2, 0.25) is 0 Å². The van der Waals surface area contributed by atoms with E-state index in [2.05, 4.69) is 5.32 Å². The maximum Gasteiger partial charge on any atom is 0.269 e. The number of nitro groups is 1. The molecule has 0 bridgehead atoms. The lowest BCUT2D eigenvalue weighted by Gasteiger charge is -2.49. The van der Waals surface area contributed by atoms with E-state index in [1.165, 1.54) is 12.1 Å². The maximum absolute atomic E-state index is 11.9. The number of aliphatic hydroxyl groups excluding tert-OH is 12. The second-order valence-electron chi connectivity index (χ2n) is 13.7. The Bertz CT molecular complexity index is 1460. The van der Waals surface area contributed by atoms with E-state index in [1.54, 1.807) is 0 Å². The molecule has 13 N–H and O–H groups in total. The van der Waals surface area contributed by atoms with Crippen molar-refractivity contribution >= 4 is 11.6 Å². The number of aliphatic hydroxyl groups is 12. The van der Waals surface area contributed by atoms with Crippen LogP contribution in [-0.2, 0) is 38.0 Å². The first kappa shape index (κ1) is 45.2. The molecule has 4 fully saturated rings. The van der Waals surface area contributed by atoms with E-state index in [0.29, 0.717) is 0 Å². The van der Waals surface area contributed by atoms with Crippen LogP contribution in [0.1, 0.15) is 6.92 Å². The predicted octanol–water partition coefficient (Wildman–Crippen LogP) is -7.61. The molecule has 1 amide bonds. The highest BCUT2D eigenvalue weighted by Crippen LogP contribution is 2.35. The Balaban J connectivity index is 1.27. The van der Waals surface area contributed by atoms with Gasteiger partial charge in [0.2, 0.25) is 12.2 Å². The summed E-state index contributed by atoms with van der Waals surface area (Å²) in [6.07, 6.45) is -33.9. The van der Waals surface area contributed by atoms with E-state index in [9.17, 15) is 76.2 Å². The van der Waals surface area contributed by atoms with E-state index < -0.39 is 160 Å². The molecular formula is C32H48N2O23. The van der Waals surface area contributed by atoms with Gasteiger partial charge in [-0.05, 0) is 12.1 Å². The number of carbonyl (C=O) groups excluding carboxylic acids is 1. The van der Waals surface area contributed by atoms with Crippen molar-refractivity contribution in [3.63, 3.8) is 0 Å². The highest BCUT2D eigenvalue weighted by atomic mass is 16.8. The normalized spacial score (nSPS) is 43.9. The minimum absolute atomic E-state index is 0.00543. The summed E-state index contributed by atoms with van der Waals surface area (Å²) in [6, 6.07) is 3.12. The van der Waals surface area contributed by atoms with Gasteiger partial charge in [-0.25, -0.2) is 0 Å². The average Bonchev–Trinajstić information content (AvgIpc) is 3.19. The van der Waals surface area contributed by atoms with Crippen LogP contribution < -0.4 is 10.1 Å². The first-order valence-electron chi connectivity index (χ1n) is 17.7. The molecule has 0 aliphatic carbocycles. The van der Waals surface area contributed by atoms with Gasteiger partial charge < -0.3 is 104 Å². The van der Waals surface area contributed by atoms with Crippen molar-refractivity contribution in [3.8, 4) is 5.75 Å². The number of hydrogen-bond donors (Lipinski definition) is 13. The number of rotatable bonds is 14. The molecule has 1 aromatic carbocycles. The van der Waals surface area contributed by atoms with Crippen LogP contribution in [0.3, 0.4) is 0 Å². The van der Waals surface area contributed by atoms with Gasteiger partial charge in [0.05, 0.1) is 31.4 Å². The van der Waals surface area contributed by atoms with Crippen molar-refractivity contribution in [1.82, 2.24) is 5.32 Å². The molecule has 4 aliphatic heterocycles. The highest BCUT2D eigenvalue weighted by Gasteiger charge is 2.55. The Hall–Kier alpha value is -2.87. The topological polar surface area (TPSA) is 389 Å². The number of amides is 1. The fraction of sp³-hybridized carbons (Fsp3) is 0.781. The van der Waals surface area contributed by atoms with Crippen LogP contribution in [0, 0.1) is 10.1 Å². The van der Waals surface area contributed by atoms with Gasteiger partial charge in [0.15, 0.2) is 18.9 Å². The molecule has 324 valence electrons. The SMILES string of the molecule is CC(=O)NC1C(O)[C@@H](O)C(CO)O[C@H]1OC1C(O)[C@@H](O[C@H]2C(CO)O[C@@H](O[C@@H]3C(CO)O[C@@H](Oc4ccc([N+](=O)[O-])cc4)C(O)C3O)C(O)C2O)OC(CO)[C@@H]1O. The standard InChI is InChI=1S/C32H48N2O23/c1-10(39)33-17-20(42)18(40)13(6-35)51-29(17)57-28-19(41)14(7-36)52-32(25(28)47)56-27-16(9-38)54-31(24(46)22(27)44)55-26-15(8-37)53-30(23(45)21(26)43)50-12-4-2-11(3-5-12)34(48)49/h2-5,13-32,35-38,40-47H,6-9H2,1H3,(H,33,39)/t13?,14?,15?,16?,17?,18-,19-,20?,21?,22?,23?,24?,25?,26+,27-,28?,29-,30+,31-,32+/m0/s1. The zero-order chi connectivity index (χ0) is 41.9. The molecule has 0 aromatic heterocycles. The molecule has 20 atom stereocenters. The minimum atomic E-state index is -2.08. The Labute approximate surface area is 322 Å². The fourth-order valence-corrected chi connectivity index (χ4v) is 6.81. The summed E-state index contributed by atoms with van der Waals surface area (Å²) in [5.41, 5.74) is -0.255. The number of non-ortho nitro benzene ring substituents is 1. The largest absolute Gasteiger partial charge is 0.462 e.